The summed E-state index contributed by atoms with van der Waals surface area (Å²) in [6, 6.07) is 20.4. The van der Waals surface area contributed by atoms with Gasteiger partial charge in [0.2, 0.25) is 0 Å². The molecule has 0 aliphatic carbocycles. The lowest BCUT2D eigenvalue weighted by Crippen LogP contribution is -2.10. The van der Waals surface area contributed by atoms with E-state index >= 15 is 0 Å². The highest BCUT2D eigenvalue weighted by molar-refractivity contribution is 5.87. The van der Waals surface area contributed by atoms with Crippen LogP contribution in [0.4, 0.5) is 0 Å². The van der Waals surface area contributed by atoms with Crippen molar-refractivity contribution in [3.63, 3.8) is 0 Å². The maximum Gasteiger partial charge on any atom is 0.335 e. The van der Waals surface area contributed by atoms with E-state index in [2.05, 4.69) is 49.7 Å². The Labute approximate surface area is 187 Å². The van der Waals surface area contributed by atoms with Crippen LogP contribution in [0.1, 0.15) is 53.6 Å². The molecule has 0 saturated heterocycles. The van der Waals surface area contributed by atoms with Crippen LogP contribution in [-0.2, 0) is 12.0 Å². The monoisotopic (exact) mass is 424 g/mol. The lowest BCUT2D eigenvalue weighted by Gasteiger charge is -2.18. The maximum absolute atomic E-state index is 11.0. The number of imidazole rings is 1. The van der Waals surface area contributed by atoms with E-state index in [9.17, 15) is 4.79 Å². The minimum absolute atomic E-state index is 0.0518. The van der Waals surface area contributed by atoms with E-state index in [0.717, 1.165) is 22.6 Å². The number of pyridine rings is 1. The second-order valence-electron chi connectivity index (χ2n) is 8.53. The molecule has 32 heavy (non-hydrogen) atoms. The van der Waals surface area contributed by atoms with Crippen molar-refractivity contribution in [2.75, 3.05) is 0 Å². The zero-order chi connectivity index (χ0) is 22.7. The number of hydrogen-bond donors (Lipinski definition) is 1. The largest absolute Gasteiger partial charge is 0.487 e. The van der Waals surface area contributed by atoms with Crippen molar-refractivity contribution in [3.8, 4) is 17.6 Å². The van der Waals surface area contributed by atoms with Gasteiger partial charge >= 0.3 is 5.97 Å². The molecule has 0 unspecified atom stereocenters. The van der Waals surface area contributed by atoms with Gasteiger partial charge in [-0.25, -0.2) is 9.78 Å². The zero-order valence-electron chi connectivity index (χ0n) is 18.3. The molecule has 0 radical (unpaired) electrons. The Morgan fingerprint density at radius 3 is 2.53 bits per heavy atom. The molecular weight excluding hydrogens is 400 g/mol. The number of nitrogens with zero attached hydrogens (tertiary/aromatic N) is 2. The molecule has 4 rings (SSSR count). The maximum atomic E-state index is 11.0. The Morgan fingerprint density at radius 1 is 1.03 bits per heavy atom. The SMILES string of the molecule is CC(C)(C)c1cccc(C#Cc2c(COc3ccc(C(=O)O)cc3)nc3ccccn23)c1. The van der Waals surface area contributed by atoms with E-state index in [-0.39, 0.29) is 17.6 Å². The van der Waals surface area contributed by atoms with Gasteiger partial charge in [-0.15, -0.1) is 0 Å². The van der Waals surface area contributed by atoms with Crippen molar-refractivity contribution >= 4 is 11.6 Å². The summed E-state index contributed by atoms with van der Waals surface area (Å²) in [5.41, 5.74) is 4.72. The number of aromatic nitrogens is 2. The predicted octanol–water partition coefficient (Wildman–Crippen LogP) is 5.31. The first-order chi connectivity index (χ1) is 15.3. The molecule has 2 aromatic carbocycles. The summed E-state index contributed by atoms with van der Waals surface area (Å²) >= 11 is 0. The summed E-state index contributed by atoms with van der Waals surface area (Å²) < 4.78 is 7.83. The van der Waals surface area contributed by atoms with E-state index in [1.54, 1.807) is 12.1 Å². The highest BCUT2D eigenvalue weighted by Crippen LogP contribution is 2.23. The van der Waals surface area contributed by atoms with Crippen molar-refractivity contribution in [3.05, 3.63) is 101 Å². The standard InChI is InChI=1S/C27H24N2O3/c1-27(2,3)21-8-6-7-19(17-21)10-15-24-23(28-25-9-4-5-16-29(24)25)18-32-22-13-11-20(12-14-22)26(30)31/h4-9,11-14,16-17H,18H2,1-3H3,(H,30,31). The molecule has 160 valence electrons. The second-order valence-corrected chi connectivity index (χ2v) is 8.53. The van der Waals surface area contributed by atoms with Crippen LogP contribution in [0.25, 0.3) is 5.65 Å². The van der Waals surface area contributed by atoms with Gasteiger partial charge in [0.25, 0.3) is 0 Å². The van der Waals surface area contributed by atoms with E-state index in [1.807, 2.05) is 40.9 Å². The fraction of sp³-hybridized carbons (Fsp3) is 0.185. The number of fused-ring (bicyclic) bond motifs is 1. The molecular formula is C27H24N2O3. The molecule has 0 aliphatic heterocycles. The van der Waals surface area contributed by atoms with Gasteiger partial charge in [-0.2, -0.15) is 0 Å². The molecule has 0 bridgehead atoms. The number of benzene rings is 2. The van der Waals surface area contributed by atoms with Crippen molar-refractivity contribution < 1.29 is 14.6 Å². The Kier molecular flexibility index (Phi) is 5.70. The average Bonchev–Trinajstić information content (AvgIpc) is 3.13. The van der Waals surface area contributed by atoms with Crippen LogP contribution in [-0.4, -0.2) is 20.5 Å². The minimum atomic E-state index is -0.968. The van der Waals surface area contributed by atoms with Gasteiger partial charge in [-0.3, -0.25) is 4.40 Å². The third kappa shape index (κ3) is 4.65. The zero-order valence-corrected chi connectivity index (χ0v) is 18.3. The summed E-state index contributed by atoms with van der Waals surface area (Å²) in [6.07, 6.45) is 1.93. The number of carboxylic acid groups (broad SMARTS) is 1. The number of aromatic carboxylic acids is 1. The van der Waals surface area contributed by atoms with Crippen molar-refractivity contribution in [2.24, 2.45) is 0 Å². The van der Waals surface area contributed by atoms with Gasteiger partial charge < -0.3 is 9.84 Å². The van der Waals surface area contributed by atoms with Gasteiger partial charge in [0.1, 0.15) is 29.4 Å². The van der Waals surface area contributed by atoms with Crippen molar-refractivity contribution in [2.45, 2.75) is 32.8 Å². The lowest BCUT2D eigenvalue weighted by molar-refractivity contribution is 0.0697. The number of carbonyl (C=O) groups is 1. The Morgan fingerprint density at radius 2 is 1.81 bits per heavy atom. The lowest BCUT2D eigenvalue weighted by atomic mass is 9.86. The third-order valence-corrected chi connectivity index (χ3v) is 5.13. The molecule has 0 spiro atoms. The number of ether oxygens (including phenoxy) is 1. The number of carboxylic acids is 1. The van der Waals surface area contributed by atoms with Gasteiger partial charge in [-0.05, 0) is 65.4 Å². The molecule has 2 heterocycles. The molecule has 0 atom stereocenters. The Bertz CT molecular complexity index is 1330. The molecule has 5 nitrogen and oxygen atoms in total. The predicted molar refractivity (Wildman–Crippen MR) is 124 cm³/mol. The van der Waals surface area contributed by atoms with Gasteiger partial charge in [0.05, 0.1) is 5.56 Å². The van der Waals surface area contributed by atoms with E-state index in [4.69, 9.17) is 9.84 Å². The van der Waals surface area contributed by atoms with E-state index in [0.29, 0.717) is 5.75 Å². The molecule has 2 aromatic heterocycles. The van der Waals surface area contributed by atoms with Crippen LogP contribution in [0.3, 0.4) is 0 Å². The highest BCUT2D eigenvalue weighted by Gasteiger charge is 2.14. The summed E-state index contributed by atoms with van der Waals surface area (Å²) in [5.74, 6) is 6.17. The molecule has 1 N–H and O–H groups in total. The van der Waals surface area contributed by atoms with E-state index < -0.39 is 5.97 Å². The van der Waals surface area contributed by atoms with E-state index in [1.165, 1.54) is 17.7 Å². The van der Waals surface area contributed by atoms with Crippen LogP contribution < -0.4 is 4.74 Å². The van der Waals surface area contributed by atoms with Gasteiger partial charge in [0.15, 0.2) is 0 Å². The summed E-state index contributed by atoms with van der Waals surface area (Å²) in [6.45, 7) is 6.77. The molecule has 0 amide bonds. The summed E-state index contributed by atoms with van der Waals surface area (Å²) in [7, 11) is 0. The van der Waals surface area contributed by atoms with Crippen LogP contribution >= 0.6 is 0 Å². The van der Waals surface area contributed by atoms with Crippen LogP contribution in [0.5, 0.6) is 5.75 Å². The fourth-order valence-corrected chi connectivity index (χ4v) is 3.32. The average molecular weight is 425 g/mol. The summed E-state index contributed by atoms with van der Waals surface area (Å²) in [4.78, 5) is 15.7. The normalized spacial score (nSPS) is 11.1. The second kappa shape index (κ2) is 8.60. The first-order valence-electron chi connectivity index (χ1n) is 10.4. The van der Waals surface area contributed by atoms with Crippen LogP contribution in [0.2, 0.25) is 0 Å². The highest BCUT2D eigenvalue weighted by atomic mass is 16.5. The van der Waals surface area contributed by atoms with Crippen LogP contribution in [0.15, 0.2) is 72.9 Å². The summed E-state index contributed by atoms with van der Waals surface area (Å²) in [5, 5.41) is 9.05. The molecule has 0 aliphatic rings. The number of hydrogen-bond acceptors (Lipinski definition) is 3. The minimum Gasteiger partial charge on any atom is -0.487 e. The molecule has 5 heteroatoms. The first kappa shape index (κ1) is 21.2. The fourth-order valence-electron chi connectivity index (χ4n) is 3.32. The number of rotatable bonds is 4. The molecule has 0 saturated carbocycles. The van der Waals surface area contributed by atoms with Crippen molar-refractivity contribution in [1.82, 2.24) is 9.38 Å². The third-order valence-electron chi connectivity index (χ3n) is 5.13. The quantitative estimate of drug-likeness (QED) is 0.451. The van der Waals surface area contributed by atoms with Crippen molar-refractivity contribution in [1.29, 1.82) is 0 Å². The molecule has 4 aromatic rings. The van der Waals surface area contributed by atoms with Crippen LogP contribution in [0, 0.1) is 11.8 Å². The smallest absolute Gasteiger partial charge is 0.335 e. The first-order valence-corrected chi connectivity index (χ1v) is 10.4. The van der Waals surface area contributed by atoms with Gasteiger partial charge in [0, 0.05) is 11.8 Å². The van der Waals surface area contributed by atoms with Gasteiger partial charge in [-0.1, -0.05) is 44.9 Å². The Balaban J connectivity index is 1.64. The topological polar surface area (TPSA) is 63.8 Å². The molecule has 0 fully saturated rings. The Hall–Kier alpha value is -4.04.